The van der Waals surface area contributed by atoms with Gasteiger partial charge >= 0.3 is 0 Å². The number of ether oxygens (including phenoxy) is 2. The number of nitrogen functional groups attached to an aromatic ring is 1. The molecule has 8 heteroatoms. The van der Waals surface area contributed by atoms with Gasteiger partial charge in [0.1, 0.15) is 6.23 Å². The van der Waals surface area contributed by atoms with Crippen molar-refractivity contribution in [1.82, 2.24) is 19.5 Å². The normalized spacial score (nSPS) is 13.6. The van der Waals surface area contributed by atoms with E-state index < -0.39 is 0 Å². The lowest BCUT2D eigenvalue weighted by atomic mass is 10.2. The van der Waals surface area contributed by atoms with E-state index in [0.29, 0.717) is 12.1 Å². The summed E-state index contributed by atoms with van der Waals surface area (Å²) in [6.45, 7) is 5.93. The van der Waals surface area contributed by atoms with Crippen LogP contribution in [0.25, 0.3) is 11.2 Å². The van der Waals surface area contributed by atoms with Crippen molar-refractivity contribution >= 4 is 17.1 Å². The molecule has 2 aromatic rings. The minimum Gasteiger partial charge on any atom is -0.382 e. The predicted molar refractivity (Wildman–Crippen MR) is 81.0 cm³/mol. The summed E-state index contributed by atoms with van der Waals surface area (Å²) in [6.07, 6.45) is 1.80. The van der Waals surface area contributed by atoms with Gasteiger partial charge in [-0.15, -0.1) is 0 Å². The zero-order valence-corrected chi connectivity index (χ0v) is 13.1. The summed E-state index contributed by atoms with van der Waals surface area (Å²) >= 11 is 0. The highest BCUT2D eigenvalue weighted by molar-refractivity contribution is 5.70. The maximum absolute atomic E-state index is 11.7. The third-order valence-electron chi connectivity index (χ3n) is 2.97. The van der Waals surface area contributed by atoms with Crippen LogP contribution in [0.15, 0.2) is 11.1 Å². The number of anilines is 1. The first kappa shape index (κ1) is 17.1. The number of nitrogens with two attached hydrogens (primary N) is 1. The van der Waals surface area contributed by atoms with Gasteiger partial charge in [0.15, 0.2) is 11.2 Å². The molecule has 0 aliphatic heterocycles. The Morgan fingerprint density at radius 2 is 2.05 bits per heavy atom. The van der Waals surface area contributed by atoms with E-state index in [1.54, 1.807) is 18.8 Å². The van der Waals surface area contributed by atoms with Gasteiger partial charge in [-0.25, -0.2) is 4.98 Å². The average molecular weight is 297 g/mol. The molecule has 0 spiro atoms. The van der Waals surface area contributed by atoms with E-state index in [9.17, 15) is 4.79 Å². The van der Waals surface area contributed by atoms with Crippen LogP contribution in [-0.2, 0) is 9.47 Å². The van der Waals surface area contributed by atoms with E-state index >= 15 is 0 Å². The van der Waals surface area contributed by atoms with Gasteiger partial charge in [0.05, 0.1) is 12.4 Å². The third kappa shape index (κ3) is 3.79. The van der Waals surface area contributed by atoms with Gasteiger partial charge in [-0.1, -0.05) is 13.8 Å². The number of methoxy groups -OCH3 is 2. The minimum absolute atomic E-state index is 0.00161. The van der Waals surface area contributed by atoms with Crippen molar-refractivity contribution in [3.8, 4) is 0 Å². The number of aromatic amines is 1. The standard InChI is InChI=1S/C11H17N5O3.C2H6/c1-6(18-2)4-7(19-3)16-5-13-8-9(16)14-11(12)15-10(8)17;1-2/h5-7H,4H2,1-3H3,(H3,12,14,15,17);1-2H3/t6-,7-;/m1./s1. The van der Waals surface area contributed by atoms with E-state index in [1.807, 2.05) is 20.8 Å². The summed E-state index contributed by atoms with van der Waals surface area (Å²) in [5, 5.41) is 0. The van der Waals surface area contributed by atoms with Crippen LogP contribution in [0.5, 0.6) is 0 Å². The molecule has 0 saturated carbocycles. The van der Waals surface area contributed by atoms with E-state index in [4.69, 9.17) is 15.2 Å². The molecule has 0 unspecified atom stereocenters. The molecule has 118 valence electrons. The van der Waals surface area contributed by atoms with Crippen LogP contribution in [0.3, 0.4) is 0 Å². The summed E-state index contributed by atoms with van der Waals surface area (Å²) < 4.78 is 12.3. The summed E-state index contributed by atoms with van der Waals surface area (Å²) in [4.78, 5) is 22.2. The molecule has 2 heterocycles. The maximum Gasteiger partial charge on any atom is 0.280 e. The van der Waals surface area contributed by atoms with Gasteiger partial charge in [0.25, 0.3) is 5.56 Å². The number of aromatic nitrogens is 4. The Morgan fingerprint density at radius 3 is 2.62 bits per heavy atom. The Balaban J connectivity index is 0.00000106. The summed E-state index contributed by atoms with van der Waals surface area (Å²) in [5.74, 6) is 0.0499. The fraction of sp³-hybridized carbons (Fsp3) is 0.615. The molecule has 21 heavy (non-hydrogen) atoms. The number of nitrogens with one attached hydrogen (secondary N) is 1. The Morgan fingerprint density at radius 1 is 1.38 bits per heavy atom. The molecule has 2 atom stereocenters. The molecule has 0 radical (unpaired) electrons. The highest BCUT2D eigenvalue weighted by Crippen LogP contribution is 2.20. The fourth-order valence-corrected chi connectivity index (χ4v) is 1.86. The molecule has 2 rings (SSSR count). The summed E-state index contributed by atoms with van der Waals surface area (Å²) in [7, 11) is 3.21. The monoisotopic (exact) mass is 297 g/mol. The van der Waals surface area contributed by atoms with Crippen molar-refractivity contribution in [2.45, 2.75) is 39.5 Å². The van der Waals surface area contributed by atoms with E-state index in [2.05, 4.69) is 15.0 Å². The van der Waals surface area contributed by atoms with E-state index in [1.165, 1.54) is 6.33 Å². The third-order valence-corrected chi connectivity index (χ3v) is 2.97. The van der Waals surface area contributed by atoms with Gasteiger partial charge in [-0.3, -0.25) is 14.3 Å². The number of H-pyrrole nitrogens is 1. The van der Waals surface area contributed by atoms with Crippen LogP contribution in [0.4, 0.5) is 5.95 Å². The van der Waals surface area contributed by atoms with Crippen LogP contribution in [0.1, 0.15) is 33.4 Å². The van der Waals surface area contributed by atoms with Gasteiger partial charge in [0.2, 0.25) is 5.95 Å². The molecule has 8 nitrogen and oxygen atoms in total. The lowest BCUT2D eigenvalue weighted by Crippen LogP contribution is -2.19. The van der Waals surface area contributed by atoms with Gasteiger partial charge in [0, 0.05) is 20.6 Å². The quantitative estimate of drug-likeness (QED) is 0.861. The second-order valence-corrected chi connectivity index (χ2v) is 4.25. The van der Waals surface area contributed by atoms with Crippen molar-refractivity contribution in [3.05, 3.63) is 16.7 Å². The Bertz CT molecular complexity index is 622. The number of fused-ring (bicyclic) bond motifs is 1. The van der Waals surface area contributed by atoms with Crippen LogP contribution < -0.4 is 11.3 Å². The molecule has 0 aromatic carbocycles. The fourth-order valence-electron chi connectivity index (χ4n) is 1.86. The zero-order chi connectivity index (χ0) is 16.0. The van der Waals surface area contributed by atoms with Crippen LogP contribution in [0, 0.1) is 0 Å². The van der Waals surface area contributed by atoms with Crippen molar-refractivity contribution < 1.29 is 9.47 Å². The van der Waals surface area contributed by atoms with Crippen LogP contribution >= 0.6 is 0 Å². The van der Waals surface area contributed by atoms with Gasteiger partial charge in [-0.05, 0) is 6.92 Å². The Hall–Kier alpha value is -1.93. The van der Waals surface area contributed by atoms with E-state index in [0.717, 1.165) is 0 Å². The van der Waals surface area contributed by atoms with Gasteiger partial charge in [-0.2, -0.15) is 4.98 Å². The second-order valence-electron chi connectivity index (χ2n) is 4.25. The summed E-state index contributed by atoms with van der Waals surface area (Å²) in [6, 6.07) is 0. The van der Waals surface area contributed by atoms with E-state index in [-0.39, 0.29) is 29.4 Å². The number of imidazole rings is 1. The highest BCUT2D eigenvalue weighted by atomic mass is 16.5. The minimum atomic E-state index is -0.365. The Kier molecular flexibility index (Phi) is 6.32. The maximum atomic E-state index is 11.7. The van der Waals surface area contributed by atoms with Crippen LogP contribution in [0.2, 0.25) is 0 Å². The first-order valence-corrected chi connectivity index (χ1v) is 6.84. The lowest BCUT2D eigenvalue weighted by Gasteiger charge is -2.20. The highest BCUT2D eigenvalue weighted by Gasteiger charge is 2.19. The molecule has 0 aliphatic rings. The van der Waals surface area contributed by atoms with Gasteiger partial charge < -0.3 is 15.2 Å². The SMILES string of the molecule is CC.CO[C@H](C)C[C@@H](OC)n1cnc2c(=O)[nH]c(N)nc21. The predicted octanol–water partition coefficient (Wildman–Crippen LogP) is 1.30. The molecule has 0 fully saturated rings. The van der Waals surface area contributed by atoms with Crippen LogP contribution in [-0.4, -0.2) is 39.8 Å². The Labute approximate surface area is 123 Å². The number of hydrogen-bond donors (Lipinski definition) is 2. The first-order chi connectivity index (χ1) is 10.1. The first-order valence-electron chi connectivity index (χ1n) is 6.84. The van der Waals surface area contributed by atoms with Crippen molar-refractivity contribution in [2.24, 2.45) is 0 Å². The molecule has 0 aliphatic carbocycles. The zero-order valence-electron chi connectivity index (χ0n) is 13.1. The molecule has 3 N–H and O–H groups in total. The molecule has 0 bridgehead atoms. The topological polar surface area (TPSA) is 108 Å². The smallest absolute Gasteiger partial charge is 0.280 e. The number of hydrogen-bond acceptors (Lipinski definition) is 6. The average Bonchev–Trinajstić information content (AvgIpc) is 2.90. The molecule has 2 aromatic heterocycles. The lowest BCUT2D eigenvalue weighted by molar-refractivity contribution is -0.00711. The molecular weight excluding hydrogens is 274 g/mol. The van der Waals surface area contributed by atoms with Crippen molar-refractivity contribution in [3.63, 3.8) is 0 Å². The van der Waals surface area contributed by atoms with Crippen molar-refractivity contribution in [1.29, 1.82) is 0 Å². The van der Waals surface area contributed by atoms with Crippen molar-refractivity contribution in [2.75, 3.05) is 20.0 Å². The molecule has 0 amide bonds. The largest absolute Gasteiger partial charge is 0.382 e. The second kappa shape index (κ2) is 7.75. The summed E-state index contributed by atoms with van der Waals surface area (Å²) in [5.41, 5.74) is 5.82. The molecule has 0 saturated heterocycles. The number of rotatable bonds is 5. The number of nitrogens with zero attached hydrogens (tertiary/aromatic N) is 3. The molecular formula is C13H23N5O3.